The maximum atomic E-state index is 13.7. The highest BCUT2D eigenvalue weighted by molar-refractivity contribution is 7.89. The minimum absolute atomic E-state index is 0.0597. The zero-order valence-corrected chi connectivity index (χ0v) is 19.2. The second-order valence-electron chi connectivity index (χ2n) is 8.45. The Labute approximate surface area is 192 Å². The van der Waals surface area contributed by atoms with E-state index in [0.29, 0.717) is 36.9 Å². The van der Waals surface area contributed by atoms with Gasteiger partial charge < -0.3 is 19.2 Å². The number of fused-ring (bicyclic) bond motifs is 2. The number of aromatic amines is 1. The zero-order chi connectivity index (χ0) is 23.0. The summed E-state index contributed by atoms with van der Waals surface area (Å²) in [5.74, 6) is 0.922. The highest BCUT2D eigenvalue weighted by atomic mass is 32.2. The van der Waals surface area contributed by atoms with Crippen molar-refractivity contribution >= 4 is 20.9 Å². The smallest absolute Gasteiger partial charge is 0.252 e. The summed E-state index contributed by atoms with van der Waals surface area (Å²) in [6, 6.07) is 12.1. The molecule has 2 aromatic carbocycles. The van der Waals surface area contributed by atoms with E-state index in [9.17, 15) is 13.2 Å². The highest BCUT2D eigenvalue weighted by Gasteiger charge is 2.31. The lowest BCUT2D eigenvalue weighted by molar-refractivity contribution is 0.0925. The van der Waals surface area contributed by atoms with Gasteiger partial charge in [0, 0.05) is 36.8 Å². The first kappa shape index (κ1) is 21.9. The predicted octanol–water partition coefficient (Wildman–Crippen LogP) is 2.98. The number of sulfonamides is 1. The minimum atomic E-state index is -3.93. The van der Waals surface area contributed by atoms with Crippen molar-refractivity contribution in [1.29, 1.82) is 0 Å². The van der Waals surface area contributed by atoms with Crippen LogP contribution in [0.3, 0.4) is 0 Å². The average Bonchev–Trinajstić information content (AvgIpc) is 3.32. The lowest BCUT2D eigenvalue weighted by Crippen LogP contribution is -2.38. The molecule has 174 valence electrons. The van der Waals surface area contributed by atoms with E-state index >= 15 is 0 Å². The fourth-order valence-corrected chi connectivity index (χ4v) is 5.74. The summed E-state index contributed by atoms with van der Waals surface area (Å²) in [5, 5.41) is 0.860. The molecule has 8 nitrogen and oxygen atoms in total. The summed E-state index contributed by atoms with van der Waals surface area (Å²) >= 11 is 0. The summed E-state index contributed by atoms with van der Waals surface area (Å²) in [6.45, 7) is 3.48. The summed E-state index contributed by atoms with van der Waals surface area (Å²) < 4.78 is 45.6. The van der Waals surface area contributed by atoms with Crippen molar-refractivity contribution in [2.24, 2.45) is 0 Å². The Hall–Kier alpha value is -2.88. The first-order valence-electron chi connectivity index (χ1n) is 11.0. The third kappa shape index (κ3) is 4.48. The van der Waals surface area contributed by atoms with Crippen molar-refractivity contribution < 1.29 is 22.6 Å². The van der Waals surface area contributed by atoms with Crippen molar-refractivity contribution in [2.75, 3.05) is 26.4 Å². The number of hydrogen-bond acceptors (Lipinski definition) is 6. The van der Waals surface area contributed by atoms with Crippen LogP contribution in [-0.2, 0) is 21.3 Å². The number of ether oxygens (including phenoxy) is 3. The first-order chi connectivity index (χ1) is 15.9. The molecule has 33 heavy (non-hydrogen) atoms. The largest absolute Gasteiger partial charge is 0.486 e. The maximum Gasteiger partial charge on any atom is 0.252 e. The van der Waals surface area contributed by atoms with Gasteiger partial charge in [0.1, 0.15) is 13.2 Å². The number of aryl methyl sites for hydroxylation is 1. The zero-order valence-electron chi connectivity index (χ0n) is 18.4. The molecule has 5 rings (SSSR count). The van der Waals surface area contributed by atoms with Crippen molar-refractivity contribution in [3.63, 3.8) is 0 Å². The van der Waals surface area contributed by atoms with E-state index in [4.69, 9.17) is 14.2 Å². The van der Waals surface area contributed by atoms with E-state index in [1.54, 1.807) is 12.1 Å². The predicted molar refractivity (Wildman–Crippen MR) is 123 cm³/mol. The standard InChI is InChI=1S/C24H26N2O6S/c1-16-4-6-21-17(11-16)12-18(24(27)25-21)14-26(15-19-3-2-8-30-19)33(28,29)20-5-7-22-23(13-20)32-10-9-31-22/h4-7,11-13,19H,2-3,8-10,14-15H2,1H3,(H,25,27). The van der Waals surface area contributed by atoms with Gasteiger partial charge in [-0.1, -0.05) is 11.6 Å². The van der Waals surface area contributed by atoms with E-state index < -0.39 is 10.0 Å². The molecular weight excluding hydrogens is 444 g/mol. The van der Waals surface area contributed by atoms with Crippen molar-refractivity contribution in [2.45, 2.75) is 37.3 Å². The Bertz CT molecular complexity index is 1340. The molecule has 0 spiro atoms. The van der Waals surface area contributed by atoms with Gasteiger partial charge in [-0.2, -0.15) is 4.31 Å². The summed E-state index contributed by atoms with van der Waals surface area (Å²) in [4.78, 5) is 15.8. The number of benzene rings is 2. The Morgan fingerprint density at radius 2 is 1.85 bits per heavy atom. The van der Waals surface area contributed by atoms with Crippen LogP contribution in [0.1, 0.15) is 24.0 Å². The second-order valence-corrected chi connectivity index (χ2v) is 10.4. The maximum absolute atomic E-state index is 13.7. The van der Waals surface area contributed by atoms with Gasteiger partial charge >= 0.3 is 0 Å². The van der Waals surface area contributed by atoms with Crippen LogP contribution in [0.4, 0.5) is 0 Å². The van der Waals surface area contributed by atoms with Gasteiger partial charge in [0.15, 0.2) is 11.5 Å². The minimum Gasteiger partial charge on any atom is -0.486 e. The van der Waals surface area contributed by atoms with E-state index in [-0.39, 0.29) is 29.6 Å². The van der Waals surface area contributed by atoms with Gasteiger partial charge in [-0.15, -0.1) is 0 Å². The number of aromatic nitrogens is 1. The topological polar surface area (TPSA) is 97.9 Å². The Balaban J connectivity index is 1.52. The molecule has 2 aliphatic rings. The lowest BCUT2D eigenvalue weighted by Gasteiger charge is -2.26. The molecule has 0 saturated carbocycles. The fourth-order valence-electron chi connectivity index (χ4n) is 4.28. The Morgan fingerprint density at radius 3 is 2.64 bits per heavy atom. The number of nitrogens with zero attached hydrogens (tertiary/aromatic N) is 1. The molecule has 1 atom stereocenters. The van der Waals surface area contributed by atoms with E-state index in [1.807, 2.05) is 25.1 Å². The molecule has 9 heteroatoms. The van der Waals surface area contributed by atoms with Gasteiger partial charge in [0.2, 0.25) is 10.0 Å². The number of nitrogens with one attached hydrogen (secondary N) is 1. The van der Waals surface area contributed by atoms with Crippen LogP contribution < -0.4 is 15.0 Å². The van der Waals surface area contributed by atoms with Crippen LogP contribution in [0.15, 0.2) is 52.2 Å². The molecule has 0 amide bonds. The fraction of sp³-hybridized carbons (Fsp3) is 0.375. The molecule has 1 saturated heterocycles. The van der Waals surface area contributed by atoms with Gasteiger partial charge in [-0.25, -0.2) is 8.42 Å². The van der Waals surface area contributed by atoms with Crippen LogP contribution in [0, 0.1) is 6.92 Å². The molecule has 0 radical (unpaired) electrons. The van der Waals surface area contributed by atoms with Gasteiger partial charge in [0.05, 0.1) is 11.0 Å². The Morgan fingerprint density at radius 1 is 1.03 bits per heavy atom. The highest BCUT2D eigenvalue weighted by Crippen LogP contribution is 2.33. The second kappa shape index (κ2) is 8.81. The number of rotatable bonds is 6. The first-order valence-corrected chi connectivity index (χ1v) is 12.5. The summed E-state index contributed by atoms with van der Waals surface area (Å²) in [6.07, 6.45) is 1.46. The SMILES string of the molecule is Cc1ccc2[nH]c(=O)c(CN(CC3CCCO3)S(=O)(=O)c3ccc4c(c3)OCCO4)cc2c1. The monoisotopic (exact) mass is 470 g/mol. The van der Waals surface area contributed by atoms with Gasteiger partial charge in [0.25, 0.3) is 5.56 Å². The van der Waals surface area contributed by atoms with Crippen LogP contribution in [0.5, 0.6) is 11.5 Å². The van der Waals surface area contributed by atoms with Gasteiger partial charge in [-0.3, -0.25) is 4.79 Å². The molecule has 3 heterocycles. The normalized spacial score (nSPS) is 18.2. The van der Waals surface area contributed by atoms with E-state index in [2.05, 4.69) is 4.98 Å². The van der Waals surface area contributed by atoms with Crippen LogP contribution in [0.2, 0.25) is 0 Å². The number of pyridine rings is 1. The summed E-state index contributed by atoms with van der Waals surface area (Å²) in [5.41, 5.74) is 1.85. The molecule has 1 aromatic heterocycles. The molecular formula is C24H26N2O6S. The molecule has 0 aliphatic carbocycles. The van der Waals surface area contributed by atoms with Crippen molar-refractivity contribution in [1.82, 2.24) is 9.29 Å². The van der Waals surface area contributed by atoms with E-state index in [0.717, 1.165) is 29.3 Å². The van der Waals surface area contributed by atoms with Crippen LogP contribution in [0.25, 0.3) is 10.9 Å². The van der Waals surface area contributed by atoms with Crippen LogP contribution >= 0.6 is 0 Å². The molecule has 1 fully saturated rings. The third-order valence-electron chi connectivity index (χ3n) is 6.01. The van der Waals surface area contributed by atoms with Crippen LogP contribution in [-0.4, -0.2) is 50.2 Å². The van der Waals surface area contributed by atoms with Crippen molar-refractivity contribution in [3.05, 3.63) is 63.9 Å². The van der Waals surface area contributed by atoms with Gasteiger partial charge in [-0.05, 0) is 55.5 Å². The number of H-pyrrole nitrogens is 1. The molecule has 1 unspecified atom stereocenters. The molecule has 3 aromatic rings. The lowest BCUT2D eigenvalue weighted by atomic mass is 10.1. The Kier molecular flexibility index (Phi) is 5.86. The third-order valence-corrected chi connectivity index (χ3v) is 7.81. The average molecular weight is 471 g/mol. The quantitative estimate of drug-likeness (QED) is 0.595. The van der Waals surface area contributed by atoms with Crippen molar-refractivity contribution in [3.8, 4) is 11.5 Å². The molecule has 1 N–H and O–H groups in total. The number of hydrogen-bond donors (Lipinski definition) is 1. The van der Waals surface area contributed by atoms with E-state index in [1.165, 1.54) is 16.4 Å². The summed E-state index contributed by atoms with van der Waals surface area (Å²) in [7, 11) is -3.93. The molecule has 0 bridgehead atoms. The molecule has 2 aliphatic heterocycles.